The Morgan fingerprint density at radius 2 is 2.00 bits per heavy atom. The fourth-order valence-corrected chi connectivity index (χ4v) is 3.13. The molecule has 0 aliphatic carbocycles. The first kappa shape index (κ1) is 11.5. The van der Waals surface area contributed by atoms with E-state index in [2.05, 4.69) is 10.2 Å². The van der Waals surface area contributed by atoms with Crippen LogP contribution in [0.3, 0.4) is 0 Å². The molecule has 1 N–H and O–H groups in total. The lowest BCUT2D eigenvalue weighted by Crippen LogP contribution is -2.25. The van der Waals surface area contributed by atoms with Crippen molar-refractivity contribution < 1.29 is 4.39 Å². The van der Waals surface area contributed by atoms with Crippen molar-refractivity contribution in [1.82, 2.24) is 10.2 Å². The Bertz CT molecular complexity index is 412. The van der Waals surface area contributed by atoms with E-state index in [-0.39, 0.29) is 5.82 Å². The molecule has 2 unspecified atom stereocenters. The molecule has 2 atom stereocenters. The number of halogens is 2. The summed E-state index contributed by atoms with van der Waals surface area (Å²) in [4.78, 5) is 2.35. The number of nitrogens with one attached hydrogen (secondary N) is 1. The third-order valence-corrected chi connectivity index (χ3v) is 4.11. The summed E-state index contributed by atoms with van der Waals surface area (Å²) in [6.45, 7) is 5.10. The predicted molar refractivity (Wildman–Crippen MR) is 66.5 cm³/mol. The average molecular weight is 255 g/mol. The van der Waals surface area contributed by atoms with Crippen LogP contribution in [-0.4, -0.2) is 31.1 Å². The first-order valence-electron chi connectivity index (χ1n) is 6.09. The van der Waals surface area contributed by atoms with E-state index in [9.17, 15) is 4.39 Å². The molecule has 2 aliphatic heterocycles. The van der Waals surface area contributed by atoms with Crippen molar-refractivity contribution in [2.24, 2.45) is 11.8 Å². The smallest absolute Gasteiger partial charge is 0.129 e. The van der Waals surface area contributed by atoms with Crippen LogP contribution in [0.4, 0.5) is 4.39 Å². The van der Waals surface area contributed by atoms with Crippen LogP contribution >= 0.6 is 11.6 Å². The number of hydrogen-bond donors (Lipinski definition) is 1. The van der Waals surface area contributed by atoms with Crippen molar-refractivity contribution in [1.29, 1.82) is 0 Å². The Morgan fingerprint density at radius 1 is 1.29 bits per heavy atom. The van der Waals surface area contributed by atoms with Crippen LogP contribution in [0.15, 0.2) is 18.2 Å². The third-order valence-electron chi connectivity index (χ3n) is 3.87. The minimum absolute atomic E-state index is 0.187. The number of hydrogen-bond acceptors (Lipinski definition) is 2. The predicted octanol–water partition coefficient (Wildman–Crippen LogP) is 2.13. The second-order valence-electron chi connectivity index (χ2n) is 5.11. The minimum atomic E-state index is -0.187. The van der Waals surface area contributed by atoms with Crippen LogP contribution in [0, 0.1) is 17.7 Å². The number of likely N-dealkylation sites (tertiary alicyclic amines) is 1. The van der Waals surface area contributed by atoms with Gasteiger partial charge in [-0.15, -0.1) is 0 Å². The van der Waals surface area contributed by atoms with Crippen molar-refractivity contribution >= 4 is 11.6 Å². The lowest BCUT2D eigenvalue weighted by Gasteiger charge is -2.17. The van der Waals surface area contributed by atoms with Gasteiger partial charge in [0.2, 0.25) is 0 Å². The second-order valence-corrected chi connectivity index (χ2v) is 5.54. The zero-order valence-corrected chi connectivity index (χ0v) is 10.4. The average Bonchev–Trinajstić information content (AvgIpc) is 2.82. The summed E-state index contributed by atoms with van der Waals surface area (Å²) in [5, 5.41) is 3.88. The normalized spacial score (nSPS) is 28.6. The molecule has 1 aromatic carbocycles. The van der Waals surface area contributed by atoms with Gasteiger partial charge in [0, 0.05) is 30.2 Å². The maximum absolute atomic E-state index is 13.7. The molecule has 2 heterocycles. The van der Waals surface area contributed by atoms with Gasteiger partial charge in [-0.05, 0) is 37.1 Å². The maximum atomic E-state index is 13.7. The van der Waals surface area contributed by atoms with Crippen LogP contribution in [0.5, 0.6) is 0 Å². The van der Waals surface area contributed by atoms with Crippen molar-refractivity contribution in [3.63, 3.8) is 0 Å². The first-order valence-corrected chi connectivity index (χ1v) is 6.47. The Kier molecular flexibility index (Phi) is 3.07. The lowest BCUT2D eigenvalue weighted by molar-refractivity contribution is 0.301. The van der Waals surface area contributed by atoms with Gasteiger partial charge in [0.1, 0.15) is 5.82 Å². The van der Waals surface area contributed by atoms with Crippen LogP contribution in [0.1, 0.15) is 5.56 Å². The Labute approximate surface area is 106 Å². The molecular weight excluding hydrogens is 239 g/mol. The number of benzene rings is 1. The molecule has 2 nitrogen and oxygen atoms in total. The summed E-state index contributed by atoms with van der Waals surface area (Å²) >= 11 is 5.75. The number of nitrogens with zero attached hydrogens (tertiary/aromatic N) is 1. The van der Waals surface area contributed by atoms with Crippen molar-refractivity contribution in [3.8, 4) is 0 Å². The maximum Gasteiger partial charge on any atom is 0.129 e. The molecule has 0 radical (unpaired) electrons. The SMILES string of the molecule is Fc1cc(Cl)ccc1CN1CC2CNCC2C1. The number of fused-ring (bicyclic) bond motifs is 1. The largest absolute Gasteiger partial charge is 0.316 e. The van der Waals surface area contributed by atoms with Gasteiger partial charge in [0.25, 0.3) is 0 Å². The highest BCUT2D eigenvalue weighted by Gasteiger charge is 2.35. The van der Waals surface area contributed by atoms with E-state index in [1.165, 1.54) is 6.07 Å². The molecular formula is C13H16ClFN2. The van der Waals surface area contributed by atoms with Gasteiger partial charge >= 0.3 is 0 Å². The van der Waals surface area contributed by atoms with Crippen molar-refractivity contribution in [2.75, 3.05) is 26.2 Å². The highest BCUT2D eigenvalue weighted by molar-refractivity contribution is 6.30. The van der Waals surface area contributed by atoms with E-state index >= 15 is 0 Å². The molecule has 0 bridgehead atoms. The summed E-state index contributed by atoms with van der Waals surface area (Å²) in [5.74, 6) is 1.32. The fourth-order valence-electron chi connectivity index (χ4n) is 2.97. The van der Waals surface area contributed by atoms with Crippen LogP contribution < -0.4 is 5.32 Å². The van der Waals surface area contributed by atoms with E-state index in [1.54, 1.807) is 12.1 Å². The molecule has 2 fully saturated rings. The second kappa shape index (κ2) is 4.56. The summed E-state index contributed by atoms with van der Waals surface area (Å²) in [5.41, 5.74) is 0.752. The van der Waals surface area contributed by atoms with Crippen LogP contribution in [0.25, 0.3) is 0 Å². The van der Waals surface area contributed by atoms with Gasteiger partial charge in [-0.25, -0.2) is 4.39 Å². The highest BCUT2D eigenvalue weighted by Crippen LogP contribution is 2.28. The quantitative estimate of drug-likeness (QED) is 0.870. The molecule has 92 valence electrons. The molecule has 2 aliphatic rings. The lowest BCUT2D eigenvalue weighted by atomic mass is 10.0. The molecule has 3 rings (SSSR count). The van der Waals surface area contributed by atoms with E-state index in [0.29, 0.717) is 11.6 Å². The molecule has 1 aromatic rings. The molecule has 0 spiro atoms. The van der Waals surface area contributed by atoms with Crippen molar-refractivity contribution in [3.05, 3.63) is 34.6 Å². The Hall–Kier alpha value is -0.640. The van der Waals surface area contributed by atoms with E-state index < -0.39 is 0 Å². The van der Waals surface area contributed by atoms with E-state index in [1.807, 2.05) is 0 Å². The summed E-state index contributed by atoms with van der Waals surface area (Å²) < 4.78 is 13.7. The Morgan fingerprint density at radius 3 is 2.65 bits per heavy atom. The van der Waals surface area contributed by atoms with Crippen molar-refractivity contribution in [2.45, 2.75) is 6.54 Å². The van der Waals surface area contributed by atoms with Crippen LogP contribution in [-0.2, 0) is 6.54 Å². The Balaban J connectivity index is 1.67. The van der Waals surface area contributed by atoms with Gasteiger partial charge in [-0.1, -0.05) is 17.7 Å². The third kappa shape index (κ3) is 2.32. The standard InChI is InChI=1S/C13H16ClFN2/c14-12-2-1-9(13(15)3-12)6-17-7-10-4-16-5-11(10)8-17/h1-3,10-11,16H,4-8H2. The molecule has 0 aromatic heterocycles. The zero-order valence-electron chi connectivity index (χ0n) is 9.63. The fraction of sp³-hybridized carbons (Fsp3) is 0.538. The first-order chi connectivity index (χ1) is 8.22. The summed E-state index contributed by atoms with van der Waals surface area (Å²) in [6, 6.07) is 4.96. The highest BCUT2D eigenvalue weighted by atomic mass is 35.5. The number of rotatable bonds is 2. The molecule has 17 heavy (non-hydrogen) atoms. The summed E-state index contributed by atoms with van der Waals surface area (Å²) in [6.07, 6.45) is 0. The van der Waals surface area contributed by atoms with Crippen LogP contribution in [0.2, 0.25) is 5.02 Å². The minimum Gasteiger partial charge on any atom is -0.316 e. The molecule has 0 saturated carbocycles. The van der Waals surface area contributed by atoms with Gasteiger partial charge in [0.05, 0.1) is 0 Å². The van der Waals surface area contributed by atoms with Gasteiger partial charge in [-0.2, -0.15) is 0 Å². The topological polar surface area (TPSA) is 15.3 Å². The molecule has 2 saturated heterocycles. The zero-order chi connectivity index (χ0) is 11.8. The van der Waals surface area contributed by atoms with Gasteiger partial charge < -0.3 is 5.32 Å². The monoisotopic (exact) mass is 254 g/mol. The van der Waals surface area contributed by atoms with Gasteiger partial charge in [0.15, 0.2) is 0 Å². The summed E-state index contributed by atoms with van der Waals surface area (Å²) in [7, 11) is 0. The molecule has 4 heteroatoms. The van der Waals surface area contributed by atoms with Gasteiger partial charge in [-0.3, -0.25) is 4.90 Å². The van der Waals surface area contributed by atoms with E-state index in [4.69, 9.17) is 11.6 Å². The molecule has 0 amide bonds. The van der Waals surface area contributed by atoms with E-state index in [0.717, 1.165) is 43.6 Å².